The maximum absolute atomic E-state index is 13.2. The summed E-state index contributed by atoms with van der Waals surface area (Å²) < 4.78 is 1.69. The van der Waals surface area contributed by atoms with Crippen LogP contribution in [0, 0.1) is 12.3 Å². The summed E-state index contributed by atoms with van der Waals surface area (Å²) in [6.45, 7) is 3.59. The lowest BCUT2D eigenvalue weighted by molar-refractivity contribution is -0.127. The van der Waals surface area contributed by atoms with Crippen LogP contribution in [0.1, 0.15) is 35.4 Å². The molecule has 0 bridgehead atoms. The Morgan fingerprint density at radius 3 is 2.69 bits per heavy atom. The van der Waals surface area contributed by atoms with Crippen molar-refractivity contribution >= 4 is 17.5 Å². The first-order valence-corrected chi connectivity index (χ1v) is 8.87. The number of carbonyl (C=O) groups is 2. The minimum Gasteiger partial charge on any atom is -0.336 e. The number of amides is 2. The third-order valence-electron chi connectivity index (χ3n) is 5.38. The Hall–Kier alpha value is -2.77. The van der Waals surface area contributed by atoms with Crippen molar-refractivity contribution < 1.29 is 9.59 Å². The number of carbonyl (C=O) groups excluding carboxylic acids is 2. The van der Waals surface area contributed by atoms with E-state index in [1.165, 1.54) is 6.20 Å². The smallest absolute Gasteiger partial charge is 0.274 e. The van der Waals surface area contributed by atoms with Crippen molar-refractivity contribution in [3.63, 3.8) is 0 Å². The number of piperidine rings is 1. The average Bonchev–Trinajstić information content (AvgIpc) is 3.20. The van der Waals surface area contributed by atoms with E-state index >= 15 is 0 Å². The zero-order chi connectivity index (χ0) is 18.3. The van der Waals surface area contributed by atoms with Gasteiger partial charge in [-0.3, -0.25) is 19.3 Å². The summed E-state index contributed by atoms with van der Waals surface area (Å²) in [5.41, 5.74) is 1.43. The van der Waals surface area contributed by atoms with Crippen LogP contribution in [0.15, 0.2) is 24.8 Å². The fraction of sp³-hybridized carbons (Fsp3) is 0.500. The van der Waals surface area contributed by atoms with Gasteiger partial charge in [0.05, 0.1) is 29.2 Å². The summed E-state index contributed by atoms with van der Waals surface area (Å²) >= 11 is 0. The van der Waals surface area contributed by atoms with E-state index < -0.39 is 5.41 Å². The zero-order valence-electron chi connectivity index (χ0n) is 15.1. The highest BCUT2D eigenvalue weighted by Crippen LogP contribution is 2.42. The highest BCUT2D eigenvalue weighted by atomic mass is 16.2. The number of hydrogen-bond acceptors (Lipinski definition) is 5. The zero-order valence-corrected chi connectivity index (χ0v) is 15.1. The second kappa shape index (κ2) is 6.19. The topological polar surface area (TPSA) is 84.2 Å². The van der Waals surface area contributed by atoms with Crippen LogP contribution in [0.4, 0.5) is 5.69 Å². The maximum Gasteiger partial charge on any atom is 0.274 e. The third kappa shape index (κ3) is 2.75. The SMILES string of the molecule is Cc1cnc(C(=O)N2CCC[C@]3(CCN(c4cnn(C)c4)C3=O)C2)cn1. The molecule has 0 unspecified atom stereocenters. The number of aryl methyl sites for hydroxylation is 2. The molecule has 26 heavy (non-hydrogen) atoms. The summed E-state index contributed by atoms with van der Waals surface area (Å²) in [6.07, 6.45) is 9.05. The normalized spacial score (nSPS) is 23.1. The molecule has 2 aromatic heterocycles. The molecule has 0 aromatic carbocycles. The van der Waals surface area contributed by atoms with Crippen LogP contribution in [-0.4, -0.2) is 56.1 Å². The van der Waals surface area contributed by atoms with Gasteiger partial charge in [-0.25, -0.2) is 4.98 Å². The predicted molar refractivity (Wildman–Crippen MR) is 94.5 cm³/mol. The molecule has 0 N–H and O–H groups in total. The Kier molecular flexibility index (Phi) is 3.97. The van der Waals surface area contributed by atoms with E-state index in [4.69, 9.17) is 0 Å². The first-order valence-electron chi connectivity index (χ1n) is 8.87. The first kappa shape index (κ1) is 16.7. The van der Waals surface area contributed by atoms with E-state index in [9.17, 15) is 9.59 Å². The fourth-order valence-electron chi connectivity index (χ4n) is 3.96. The molecule has 0 aliphatic carbocycles. The summed E-state index contributed by atoms with van der Waals surface area (Å²) in [4.78, 5) is 37.9. The van der Waals surface area contributed by atoms with Gasteiger partial charge in [-0.05, 0) is 26.2 Å². The van der Waals surface area contributed by atoms with Crippen molar-refractivity contribution in [3.05, 3.63) is 36.2 Å². The Morgan fingerprint density at radius 2 is 2.00 bits per heavy atom. The number of anilines is 1. The minimum atomic E-state index is -0.498. The van der Waals surface area contributed by atoms with Crippen molar-refractivity contribution in [1.29, 1.82) is 0 Å². The monoisotopic (exact) mass is 354 g/mol. The summed E-state index contributed by atoms with van der Waals surface area (Å²) in [6, 6.07) is 0. The highest BCUT2D eigenvalue weighted by Gasteiger charge is 2.50. The van der Waals surface area contributed by atoms with Crippen molar-refractivity contribution in [2.75, 3.05) is 24.5 Å². The van der Waals surface area contributed by atoms with E-state index in [1.807, 2.05) is 20.2 Å². The second-order valence-electron chi connectivity index (χ2n) is 7.23. The highest BCUT2D eigenvalue weighted by molar-refractivity contribution is 6.00. The second-order valence-corrected chi connectivity index (χ2v) is 7.23. The molecule has 2 saturated heterocycles. The number of hydrogen-bond donors (Lipinski definition) is 0. The number of likely N-dealkylation sites (tertiary alicyclic amines) is 1. The molecule has 4 heterocycles. The molecule has 2 fully saturated rings. The molecule has 136 valence electrons. The lowest BCUT2D eigenvalue weighted by Crippen LogP contribution is -2.50. The van der Waals surface area contributed by atoms with Crippen LogP contribution in [0.5, 0.6) is 0 Å². The van der Waals surface area contributed by atoms with Crippen molar-refractivity contribution in [2.24, 2.45) is 12.5 Å². The summed E-state index contributed by atoms with van der Waals surface area (Å²) in [7, 11) is 1.84. The Morgan fingerprint density at radius 1 is 1.15 bits per heavy atom. The van der Waals surface area contributed by atoms with Gasteiger partial charge in [-0.15, -0.1) is 0 Å². The fourth-order valence-corrected chi connectivity index (χ4v) is 3.96. The number of rotatable bonds is 2. The van der Waals surface area contributed by atoms with E-state index in [-0.39, 0.29) is 11.8 Å². The van der Waals surface area contributed by atoms with Gasteiger partial charge < -0.3 is 9.80 Å². The molecule has 4 rings (SSSR count). The van der Waals surface area contributed by atoms with Gasteiger partial charge in [0.15, 0.2) is 0 Å². The van der Waals surface area contributed by atoms with Crippen LogP contribution in [0.25, 0.3) is 0 Å². The van der Waals surface area contributed by atoms with Crippen molar-refractivity contribution in [2.45, 2.75) is 26.2 Å². The minimum absolute atomic E-state index is 0.0954. The van der Waals surface area contributed by atoms with Gasteiger partial charge in [-0.2, -0.15) is 5.10 Å². The van der Waals surface area contributed by atoms with Gasteiger partial charge in [0.1, 0.15) is 5.69 Å². The quantitative estimate of drug-likeness (QED) is 0.808. The molecule has 2 aromatic rings. The van der Waals surface area contributed by atoms with Crippen LogP contribution in [0.3, 0.4) is 0 Å². The van der Waals surface area contributed by atoms with E-state index in [1.54, 1.807) is 26.9 Å². The lowest BCUT2D eigenvalue weighted by atomic mass is 9.78. The van der Waals surface area contributed by atoms with E-state index in [2.05, 4.69) is 15.1 Å². The van der Waals surface area contributed by atoms with Crippen molar-refractivity contribution in [3.8, 4) is 0 Å². The molecule has 1 atom stereocenters. The lowest BCUT2D eigenvalue weighted by Gasteiger charge is -2.38. The molecule has 0 saturated carbocycles. The van der Waals surface area contributed by atoms with E-state index in [0.717, 1.165) is 30.6 Å². The van der Waals surface area contributed by atoms with Gasteiger partial charge in [0.2, 0.25) is 5.91 Å². The Balaban J connectivity index is 1.53. The van der Waals surface area contributed by atoms with Gasteiger partial charge in [-0.1, -0.05) is 0 Å². The largest absolute Gasteiger partial charge is 0.336 e. The molecule has 2 aliphatic rings. The van der Waals surface area contributed by atoms with Crippen LogP contribution >= 0.6 is 0 Å². The third-order valence-corrected chi connectivity index (χ3v) is 5.38. The number of nitrogens with zero attached hydrogens (tertiary/aromatic N) is 6. The van der Waals surface area contributed by atoms with Crippen molar-refractivity contribution in [1.82, 2.24) is 24.6 Å². The Labute approximate surface area is 151 Å². The summed E-state index contributed by atoms with van der Waals surface area (Å²) in [5.74, 6) is -0.0535. The van der Waals surface area contributed by atoms with Crippen LogP contribution in [-0.2, 0) is 11.8 Å². The summed E-state index contributed by atoms with van der Waals surface area (Å²) in [5, 5.41) is 4.16. The predicted octanol–water partition coefficient (Wildman–Crippen LogP) is 1.18. The first-order chi connectivity index (χ1) is 12.5. The molecule has 8 heteroatoms. The van der Waals surface area contributed by atoms with Gasteiger partial charge in [0.25, 0.3) is 5.91 Å². The van der Waals surface area contributed by atoms with Crippen LogP contribution in [0.2, 0.25) is 0 Å². The molecule has 8 nitrogen and oxygen atoms in total. The molecular formula is C18H22N6O2. The Bertz CT molecular complexity index is 846. The molecule has 1 spiro atoms. The average molecular weight is 354 g/mol. The maximum atomic E-state index is 13.2. The van der Waals surface area contributed by atoms with Gasteiger partial charge in [0, 0.05) is 39.1 Å². The molecular weight excluding hydrogens is 332 g/mol. The van der Waals surface area contributed by atoms with Gasteiger partial charge >= 0.3 is 0 Å². The molecule has 2 amide bonds. The molecule has 0 radical (unpaired) electrons. The number of aromatic nitrogens is 4. The van der Waals surface area contributed by atoms with Crippen LogP contribution < -0.4 is 4.90 Å². The van der Waals surface area contributed by atoms with E-state index in [0.29, 0.717) is 25.3 Å². The standard InChI is InChI=1S/C18H22N6O2/c1-13-8-20-15(10-19-13)16(25)23-6-3-4-18(12-23)5-7-24(17(18)26)14-9-21-22(2)11-14/h8-11H,3-7,12H2,1-2H3/t18-/m0/s1. The molecule has 2 aliphatic heterocycles.